The van der Waals surface area contributed by atoms with Gasteiger partial charge in [0.15, 0.2) is 5.13 Å². The molecule has 0 aliphatic heterocycles. The minimum absolute atomic E-state index is 0.0634. The molecule has 0 aliphatic carbocycles. The zero-order chi connectivity index (χ0) is 21.3. The lowest BCUT2D eigenvalue weighted by Crippen LogP contribution is -2.30. The summed E-state index contributed by atoms with van der Waals surface area (Å²) in [4.78, 5) is 26.3. The molecule has 2 aromatic carbocycles. The average Bonchev–Trinajstić information content (AvgIpc) is 3.21. The molecule has 0 saturated heterocycles. The summed E-state index contributed by atoms with van der Waals surface area (Å²) in [6, 6.07) is 15.7. The van der Waals surface area contributed by atoms with Gasteiger partial charge in [-0.05, 0) is 66.9 Å². The van der Waals surface area contributed by atoms with Crippen molar-refractivity contribution in [3.8, 4) is 0 Å². The highest BCUT2D eigenvalue weighted by Crippen LogP contribution is 2.34. The summed E-state index contributed by atoms with van der Waals surface area (Å²) in [5.74, 6) is -0.0634. The predicted molar refractivity (Wildman–Crippen MR) is 125 cm³/mol. The van der Waals surface area contributed by atoms with E-state index in [1.54, 1.807) is 28.6 Å². The SMILES string of the molecule is Cc1ccc(C)c2sc(N(Cc3ccncc3)C(=O)c3ccc(N(C)C)cc3)nc12. The Hall–Kier alpha value is -3.25. The van der Waals surface area contributed by atoms with Gasteiger partial charge >= 0.3 is 0 Å². The van der Waals surface area contributed by atoms with E-state index in [9.17, 15) is 4.79 Å². The van der Waals surface area contributed by atoms with E-state index < -0.39 is 0 Å². The maximum atomic E-state index is 13.5. The number of pyridine rings is 1. The summed E-state index contributed by atoms with van der Waals surface area (Å²) in [6.45, 7) is 4.58. The van der Waals surface area contributed by atoms with Gasteiger partial charge in [-0.3, -0.25) is 14.7 Å². The number of carbonyl (C=O) groups is 1. The number of thiazole rings is 1. The van der Waals surface area contributed by atoms with Gasteiger partial charge in [0, 0.05) is 37.7 Å². The molecule has 2 heterocycles. The van der Waals surface area contributed by atoms with E-state index in [2.05, 4.69) is 31.0 Å². The number of nitrogens with zero attached hydrogens (tertiary/aromatic N) is 4. The molecule has 0 unspecified atom stereocenters. The van der Waals surface area contributed by atoms with Gasteiger partial charge in [-0.15, -0.1) is 0 Å². The fraction of sp³-hybridized carbons (Fsp3) is 0.208. The van der Waals surface area contributed by atoms with Crippen molar-refractivity contribution in [3.05, 3.63) is 83.2 Å². The van der Waals surface area contributed by atoms with Crippen LogP contribution in [0.4, 0.5) is 10.8 Å². The number of carbonyl (C=O) groups excluding carboxylic acids is 1. The summed E-state index contributed by atoms with van der Waals surface area (Å²) in [5.41, 5.74) is 5.96. The Morgan fingerprint density at radius 2 is 1.60 bits per heavy atom. The van der Waals surface area contributed by atoms with E-state index in [1.807, 2.05) is 55.4 Å². The third-order valence-electron chi connectivity index (χ3n) is 5.13. The Kier molecular flexibility index (Phi) is 5.50. The summed E-state index contributed by atoms with van der Waals surface area (Å²) in [7, 11) is 3.97. The highest BCUT2D eigenvalue weighted by Gasteiger charge is 2.23. The van der Waals surface area contributed by atoms with Crippen molar-refractivity contribution in [1.29, 1.82) is 0 Å². The molecule has 2 aromatic heterocycles. The van der Waals surface area contributed by atoms with Crippen LogP contribution in [0.25, 0.3) is 10.2 Å². The van der Waals surface area contributed by atoms with Gasteiger partial charge in [-0.2, -0.15) is 0 Å². The van der Waals surface area contributed by atoms with Crippen molar-refractivity contribution in [2.75, 3.05) is 23.9 Å². The van der Waals surface area contributed by atoms with Gasteiger partial charge in [0.2, 0.25) is 0 Å². The molecule has 0 spiro atoms. The molecule has 0 N–H and O–H groups in total. The largest absolute Gasteiger partial charge is 0.378 e. The standard InChI is InChI=1S/C24H24N4OS/c1-16-5-6-17(2)22-21(16)26-24(30-22)28(15-18-11-13-25-14-12-18)23(29)19-7-9-20(10-8-19)27(3)4/h5-14H,15H2,1-4H3. The molecule has 0 atom stereocenters. The van der Waals surface area contributed by atoms with Crippen molar-refractivity contribution in [2.45, 2.75) is 20.4 Å². The maximum absolute atomic E-state index is 13.5. The number of aryl methyl sites for hydroxylation is 2. The van der Waals surface area contributed by atoms with Crippen LogP contribution in [-0.2, 0) is 6.54 Å². The van der Waals surface area contributed by atoms with Crippen LogP contribution in [0, 0.1) is 13.8 Å². The van der Waals surface area contributed by atoms with Crippen molar-refractivity contribution in [3.63, 3.8) is 0 Å². The van der Waals surface area contributed by atoms with E-state index in [4.69, 9.17) is 4.98 Å². The number of anilines is 2. The molecular formula is C24H24N4OS. The lowest BCUT2D eigenvalue weighted by atomic mass is 10.1. The number of fused-ring (bicyclic) bond motifs is 1. The zero-order valence-electron chi connectivity index (χ0n) is 17.6. The molecule has 152 valence electrons. The molecule has 0 saturated carbocycles. The minimum atomic E-state index is -0.0634. The molecule has 4 rings (SSSR count). The monoisotopic (exact) mass is 416 g/mol. The van der Waals surface area contributed by atoms with E-state index in [1.165, 1.54) is 5.56 Å². The average molecular weight is 417 g/mol. The third-order valence-corrected chi connectivity index (χ3v) is 6.34. The van der Waals surface area contributed by atoms with Crippen LogP contribution in [0.15, 0.2) is 60.9 Å². The molecule has 0 radical (unpaired) electrons. The van der Waals surface area contributed by atoms with Crippen molar-refractivity contribution in [1.82, 2.24) is 9.97 Å². The Morgan fingerprint density at radius 1 is 0.933 bits per heavy atom. The first-order valence-corrected chi connectivity index (χ1v) is 10.6. The number of hydrogen-bond donors (Lipinski definition) is 0. The number of aromatic nitrogens is 2. The van der Waals surface area contributed by atoms with Crippen molar-refractivity contribution < 1.29 is 4.79 Å². The second-order valence-corrected chi connectivity index (χ2v) is 8.54. The number of benzene rings is 2. The van der Waals surface area contributed by atoms with Gasteiger partial charge < -0.3 is 4.90 Å². The quantitative estimate of drug-likeness (QED) is 0.447. The lowest BCUT2D eigenvalue weighted by Gasteiger charge is -2.20. The second-order valence-electron chi connectivity index (χ2n) is 7.56. The highest BCUT2D eigenvalue weighted by molar-refractivity contribution is 7.22. The topological polar surface area (TPSA) is 49.3 Å². The van der Waals surface area contributed by atoms with Crippen LogP contribution in [0.2, 0.25) is 0 Å². The molecule has 0 bridgehead atoms. The molecule has 0 aliphatic rings. The molecule has 6 heteroatoms. The highest BCUT2D eigenvalue weighted by atomic mass is 32.1. The Balaban J connectivity index is 1.77. The number of rotatable bonds is 5. The van der Waals surface area contributed by atoms with Crippen molar-refractivity contribution >= 4 is 38.3 Å². The summed E-state index contributed by atoms with van der Waals surface area (Å²) in [5, 5.41) is 0.709. The number of amides is 1. The molecule has 0 fully saturated rings. The smallest absolute Gasteiger partial charge is 0.260 e. The zero-order valence-corrected chi connectivity index (χ0v) is 18.4. The van der Waals surface area contributed by atoms with Gasteiger partial charge in [0.25, 0.3) is 5.91 Å². The normalized spacial score (nSPS) is 10.9. The first kappa shape index (κ1) is 20.0. The van der Waals surface area contributed by atoms with Crippen LogP contribution in [0.3, 0.4) is 0 Å². The van der Waals surface area contributed by atoms with E-state index >= 15 is 0 Å². The minimum Gasteiger partial charge on any atom is -0.378 e. The molecule has 4 aromatic rings. The Morgan fingerprint density at radius 3 is 2.23 bits per heavy atom. The molecule has 1 amide bonds. The second kappa shape index (κ2) is 8.24. The van der Waals surface area contributed by atoms with Crippen LogP contribution in [-0.4, -0.2) is 30.0 Å². The van der Waals surface area contributed by atoms with E-state index in [0.717, 1.165) is 27.0 Å². The van der Waals surface area contributed by atoms with E-state index in [0.29, 0.717) is 17.2 Å². The fourth-order valence-electron chi connectivity index (χ4n) is 3.32. The van der Waals surface area contributed by atoms with Crippen LogP contribution in [0.5, 0.6) is 0 Å². The molecule has 5 nitrogen and oxygen atoms in total. The van der Waals surface area contributed by atoms with Gasteiger partial charge in [0.05, 0.1) is 16.8 Å². The lowest BCUT2D eigenvalue weighted by molar-refractivity contribution is 0.0985. The third kappa shape index (κ3) is 3.91. The van der Waals surface area contributed by atoms with Crippen molar-refractivity contribution in [2.24, 2.45) is 0 Å². The maximum Gasteiger partial charge on any atom is 0.260 e. The first-order valence-electron chi connectivity index (χ1n) is 9.79. The Bertz CT molecular complexity index is 1140. The number of hydrogen-bond acceptors (Lipinski definition) is 5. The van der Waals surface area contributed by atoms with Crippen LogP contribution < -0.4 is 9.80 Å². The van der Waals surface area contributed by atoms with Gasteiger partial charge in [0.1, 0.15) is 0 Å². The van der Waals surface area contributed by atoms with E-state index in [-0.39, 0.29) is 5.91 Å². The van der Waals surface area contributed by atoms with Crippen LogP contribution >= 0.6 is 11.3 Å². The van der Waals surface area contributed by atoms with Gasteiger partial charge in [-0.25, -0.2) is 4.98 Å². The molecular weight excluding hydrogens is 392 g/mol. The summed E-state index contributed by atoms with van der Waals surface area (Å²) in [6.07, 6.45) is 3.49. The van der Waals surface area contributed by atoms with Crippen LogP contribution in [0.1, 0.15) is 27.0 Å². The first-order chi connectivity index (χ1) is 14.4. The summed E-state index contributed by atoms with van der Waals surface area (Å²) >= 11 is 1.57. The summed E-state index contributed by atoms with van der Waals surface area (Å²) < 4.78 is 1.13. The Labute approximate surface area is 180 Å². The predicted octanol–water partition coefficient (Wildman–Crippen LogP) is 5.22. The fourth-order valence-corrected chi connectivity index (χ4v) is 4.43. The molecule has 30 heavy (non-hydrogen) atoms. The van der Waals surface area contributed by atoms with Gasteiger partial charge in [-0.1, -0.05) is 23.5 Å².